The molecule has 3 aliphatic carbocycles. The summed E-state index contributed by atoms with van der Waals surface area (Å²) in [6, 6.07) is 0.784. The second kappa shape index (κ2) is 3.84. The minimum atomic E-state index is 0.677. The van der Waals surface area contributed by atoms with Crippen LogP contribution in [0.2, 0.25) is 0 Å². The van der Waals surface area contributed by atoms with Gasteiger partial charge < -0.3 is 9.73 Å². The lowest BCUT2D eigenvalue weighted by molar-refractivity contribution is 0.408. The molecule has 17 heavy (non-hydrogen) atoms. The molecule has 0 aromatic carbocycles. The second-order valence-corrected chi connectivity index (χ2v) is 6.06. The van der Waals surface area contributed by atoms with E-state index in [2.05, 4.69) is 10.3 Å². The highest BCUT2D eigenvalue weighted by Crippen LogP contribution is 2.57. The maximum atomic E-state index is 5.89. The van der Waals surface area contributed by atoms with Crippen molar-refractivity contribution in [3.8, 4) is 0 Å². The molecular weight excluding hydrogens is 212 g/mol. The van der Waals surface area contributed by atoms with Crippen LogP contribution in [0, 0.1) is 11.8 Å². The fraction of sp³-hybridized carbons (Fsp3) is 0.786. The van der Waals surface area contributed by atoms with Gasteiger partial charge in [-0.1, -0.05) is 0 Å². The second-order valence-electron chi connectivity index (χ2n) is 6.06. The van der Waals surface area contributed by atoms with Crippen molar-refractivity contribution < 1.29 is 4.42 Å². The summed E-state index contributed by atoms with van der Waals surface area (Å²) in [6.45, 7) is 1.01. The summed E-state index contributed by atoms with van der Waals surface area (Å²) in [6.07, 6.45) is 9.78. The largest absolute Gasteiger partial charge is 0.445 e. The van der Waals surface area contributed by atoms with Crippen LogP contribution in [-0.2, 0) is 6.42 Å². The predicted octanol–water partition coefficient (Wildman–Crippen LogP) is 2.48. The van der Waals surface area contributed by atoms with Gasteiger partial charge in [-0.3, -0.25) is 0 Å². The Labute approximate surface area is 102 Å². The monoisotopic (exact) mass is 232 g/mol. The van der Waals surface area contributed by atoms with Gasteiger partial charge in [0.15, 0.2) is 5.89 Å². The van der Waals surface area contributed by atoms with Gasteiger partial charge in [-0.2, -0.15) is 0 Å². The lowest BCUT2D eigenvalue weighted by Crippen LogP contribution is -2.19. The number of aromatic nitrogens is 1. The van der Waals surface area contributed by atoms with Crippen LogP contribution < -0.4 is 5.32 Å². The number of nitrogens with one attached hydrogen (secondary N) is 1. The lowest BCUT2D eigenvalue weighted by atomic mass is 10.0. The van der Waals surface area contributed by atoms with Crippen LogP contribution in [0.4, 0.5) is 0 Å². The Bertz CT molecular complexity index is 400. The van der Waals surface area contributed by atoms with Crippen LogP contribution in [0.1, 0.15) is 49.7 Å². The normalized spacial score (nSPS) is 34.9. The summed E-state index contributed by atoms with van der Waals surface area (Å²) in [7, 11) is 0. The maximum absolute atomic E-state index is 5.89. The van der Waals surface area contributed by atoms with Crippen LogP contribution in [0.25, 0.3) is 0 Å². The molecule has 3 heteroatoms. The Hall–Kier alpha value is -0.830. The van der Waals surface area contributed by atoms with Gasteiger partial charge in [-0.05, 0) is 43.9 Å². The van der Waals surface area contributed by atoms with Crippen molar-refractivity contribution in [2.45, 2.75) is 50.5 Å². The van der Waals surface area contributed by atoms with E-state index in [1.807, 2.05) is 6.20 Å². The first-order valence-electron chi connectivity index (χ1n) is 7.06. The molecule has 3 aliphatic rings. The van der Waals surface area contributed by atoms with Crippen molar-refractivity contribution in [1.82, 2.24) is 10.3 Å². The van der Waals surface area contributed by atoms with Crippen LogP contribution in [0.5, 0.6) is 0 Å². The van der Waals surface area contributed by atoms with Gasteiger partial charge in [-0.25, -0.2) is 4.98 Å². The van der Waals surface area contributed by atoms with Crippen LogP contribution in [-0.4, -0.2) is 17.6 Å². The summed E-state index contributed by atoms with van der Waals surface area (Å²) in [4.78, 5) is 4.41. The third-order valence-corrected chi connectivity index (χ3v) is 4.57. The van der Waals surface area contributed by atoms with Crippen molar-refractivity contribution in [3.63, 3.8) is 0 Å². The Morgan fingerprint density at radius 3 is 2.82 bits per heavy atom. The molecule has 92 valence electrons. The molecule has 2 unspecified atom stereocenters. The predicted molar refractivity (Wildman–Crippen MR) is 64.8 cm³/mol. The van der Waals surface area contributed by atoms with Gasteiger partial charge in [0.05, 0.1) is 6.20 Å². The van der Waals surface area contributed by atoms with E-state index in [1.54, 1.807) is 0 Å². The number of hydrogen-bond acceptors (Lipinski definition) is 3. The van der Waals surface area contributed by atoms with Gasteiger partial charge in [0.2, 0.25) is 0 Å². The van der Waals surface area contributed by atoms with E-state index in [9.17, 15) is 0 Å². The third-order valence-electron chi connectivity index (χ3n) is 4.57. The molecule has 4 rings (SSSR count). The zero-order chi connectivity index (χ0) is 11.2. The quantitative estimate of drug-likeness (QED) is 0.847. The zero-order valence-electron chi connectivity index (χ0n) is 10.2. The number of rotatable bonds is 5. The van der Waals surface area contributed by atoms with Crippen molar-refractivity contribution >= 4 is 0 Å². The average molecular weight is 232 g/mol. The molecule has 1 aromatic heterocycles. The third kappa shape index (κ3) is 2.13. The Kier molecular flexibility index (Phi) is 2.29. The summed E-state index contributed by atoms with van der Waals surface area (Å²) < 4.78 is 5.89. The number of oxazole rings is 1. The smallest absolute Gasteiger partial charge is 0.195 e. The highest BCUT2D eigenvalue weighted by molar-refractivity contribution is 5.11. The molecule has 0 amide bonds. The Morgan fingerprint density at radius 2 is 2.06 bits per heavy atom. The first kappa shape index (κ1) is 10.1. The fourth-order valence-corrected chi connectivity index (χ4v) is 3.25. The molecule has 0 saturated heterocycles. The van der Waals surface area contributed by atoms with Crippen molar-refractivity contribution in [1.29, 1.82) is 0 Å². The van der Waals surface area contributed by atoms with E-state index in [-0.39, 0.29) is 0 Å². The van der Waals surface area contributed by atoms with E-state index in [4.69, 9.17) is 4.42 Å². The molecule has 0 aliphatic heterocycles. The molecule has 2 atom stereocenters. The summed E-state index contributed by atoms with van der Waals surface area (Å²) >= 11 is 0. The van der Waals surface area contributed by atoms with Gasteiger partial charge in [0.1, 0.15) is 5.76 Å². The van der Waals surface area contributed by atoms with Gasteiger partial charge in [0.25, 0.3) is 0 Å². The highest BCUT2D eigenvalue weighted by Gasteiger charge is 2.47. The molecule has 3 nitrogen and oxygen atoms in total. The van der Waals surface area contributed by atoms with E-state index in [0.29, 0.717) is 5.92 Å². The number of hydrogen-bond donors (Lipinski definition) is 1. The van der Waals surface area contributed by atoms with Crippen LogP contribution in [0.15, 0.2) is 10.6 Å². The molecule has 3 saturated carbocycles. The molecule has 0 spiro atoms. The zero-order valence-corrected chi connectivity index (χ0v) is 10.2. The van der Waals surface area contributed by atoms with Crippen molar-refractivity contribution in [3.05, 3.63) is 17.8 Å². The van der Waals surface area contributed by atoms with E-state index in [1.165, 1.54) is 32.1 Å². The molecule has 3 fully saturated rings. The summed E-state index contributed by atoms with van der Waals surface area (Å²) in [5.41, 5.74) is 0. The standard InChI is InChI=1S/C14H20N2O/c1-2-12(1)15-4-3-14-16-8-13(17-14)11-6-9-5-10(9)7-11/h8-12,15H,1-7H2. The first-order chi connectivity index (χ1) is 8.38. The van der Waals surface area contributed by atoms with Gasteiger partial charge >= 0.3 is 0 Å². The van der Waals surface area contributed by atoms with Crippen LogP contribution >= 0.6 is 0 Å². The minimum Gasteiger partial charge on any atom is -0.445 e. The lowest BCUT2D eigenvalue weighted by Gasteiger charge is -2.06. The molecule has 1 heterocycles. The van der Waals surface area contributed by atoms with E-state index < -0.39 is 0 Å². The Balaban J connectivity index is 1.32. The average Bonchev–Trinajstić information content (AvgIpc) is 3.20. The summed E-state index contributed by atoms with van der Waals surface area (Å²) in [5, 5.41) is 3.50. The molecule has 1 N–H and O–H groups in total. The SMILES string of the molecule is c1nc(CCNC2CC2)oc1C1CC2CC2C1. The first-order valence-corrected chi connectivity index (χ1v) is 7.06. The van der Waals surface area contributed by atoms with E-state index in [0.717, 1.165) is 42.5 Å². The number of nitrogens with zero attached hydrogens (tertiary/aromatic N) is 1. The Morgan fingerprint density at radius 1 is 1.24 bits per heavy atom. The van der Waals surface area contributed by atoms with E-state index >= 15 is 0 Å². The molecular formula is C14H20N2O. The molecule has 0 bridgehead atoms. The highest BCUT2D eigenvalue weighted by atomic mass is 16.4. The minimum absolute atomic E-state index is 0.677. The van der Waals surface area contributed by atoms with Gasteiger partial charge in [0, 0.05) is 24.9 Å². The van der Waals surface area contributed by atoms with Gasteiger partial charge in [-0.15, -0.1) is 0 Å². The molecule has 0 radical (unpaired) electrons. The van der Waals surface area contributed by atoms with Crippen molar-refractivity contribution in [2.75, 3.05) is 6.54 Å². The number of fused-ring (bicyclic) bond motifs is 1. The fourth-order valence-electron chi connectivity index (χ4n) is 3.25. The molecule has 1 aromatic rings. The maximum Gasteiger partial charge on any atom is 0.195 e. The topological polar surface area (TPSA) is 38.1 Å². The summed E-state index contributed by atoms with van der Waals surface area (Å²) in [5.74, 6) is 4.79. The van der Waals surface area contributed by atoms with Crippen LogP contribution in [0.3, 0.4) is 0 Å². The van der Waals surface area contributed by atoms with Crippen molar-refractivity contribution in [2.24, 2.45) is 11.8 Å².